The van der Waals surface area contributed by atoms with Crippen molar-refractivity contribution in [2.24, 2.45) is 0 Å². The van der Waals surface area contributed by atoms with Gasteiger partial charge in [0, 0.05) is 17.8 Å². The number of ether oxygens (including phenoxy) is 1. The lowest BCUT2D eigenvalue weighted by atomic mass is 10.1. The summed E-state index contributed by atoms with van der Waals surface area (Å²) in [6, 6.07) is 16.0. The number of halogens is 1. The third-order valence-corrected chi connectivity index (χ3v) is 5.13. The third-order valence-electron chi connectivity index (χ3n) is 3.71. The van der Waals surface area contributed by atoms with Gasteiger partial charge in [-0.05, 0) is 42.3 Å². The molecular formula is C19H19ClN2OS. The minimum atomic E-state index is 0.763. The Morgan fingerprint density at radius 2 is 2.04 bits per heavy atom. The SMILES string of the molecule is COc1cccc(-c2cnc(CNCCc3ccccc3Cl)s2)c1. The van der Waals surface area contributed by atoms with Gasteiger partial charge in [0.25, 0.3) is 0 Å². The molecule has 0 spiro atoms. The number of methoxy groups -OCH3 is 1. The van der Waals surface area contributed by atoms with E-state index in [0.717, 1.165) is 45.7 Å². The first kappa shape index (κ1) is 17.0. The Kier molecular flexibility index (Phi) is 5.86. The second-order valence-corrected chi connectivity index (χ2v) is 6.89. The largest absolute Gasteiger partial charge is 0.497 e. The molecule has 1 aromatic heterocycles. The van der Waals surface area contributed by atoms with Gasteiger partial charge in [-0.15, -0.1) is 11.3 Å². The minimum Gasteiger partial charge on any atom is -0.497 e. The van der Waals surface area contributed by atoms with E-state index in [1.54, 1.807) is 18.4 Å². The number of nitrogens with one attached hydrogen (secondary N) is 1. The van der Waals surface area contributed by atoms with Gasteiger partial charge in [0.2, 0.25) is 0 Å². The van der Waals surface area contributed by atoms with Crippen molar-refractivity contribution in [2.45, 2.75) is 13.0 Å². The lowest BCUT2D eigenvalue weighted by Crippen LogP contribution is -2.16. The Hall–Kier alpha value is -1.88. The van der Waals surface area contributed by atoms with Gasteiger partial charge in [-0.3, -0.25) is 0 Å². The van der Waals surface area contributed by atoms with Crippen LogP contribution in [0.2, 0.25) is 5.02 Å². The maximum Gasteiger partial charge on any atom is 0.119 e. The Morgan fingerprint density at radius 3 is 2.88 bits per heavy atom. The van der Waals surface area contributed by atoms with E-state index in [2.05, 4.69) is 22.4 Å². The van der Waals surface area contributed by atoms with E-state index in [1.165, 1.54) is 5.56 Å². The molecule has 5 heteroatoms. The highest BCUT2D eigenvalue weighted by molar-refractivity contribution is 7.15. The summed E-state index contributed by atoms with van der Waals surface area (Å²) >= 11 is 7.87. The van der Waals surface area contributed by atoms with Crippen LogP contribution in [0.15, 0.2) is 54.7 Å². The first-order valence-electron chi connectivity index (χ1n) is 7.79. The molecule has 0 saturated heterocycles. The molecule has 24 heavy (non-hydrogen) atoms. The molecule has 0 aliphatic rings. The van der Waals surface area contributed by atoms with Crippen molar-refractivity contribution in [1.29, 1.82) is 0 Å². The summed E-state index contributed by atoms with van der Waals surface area (Å²) in [5, 5.41) is 5.33. The van der Waals surface area contributed by atoms with E-state index in [-0.39, 0.29) is 0 Å². The fourth-order valence-electron chi connectivity index (χ4n) is 2.42. The average Bonchev–Trinajstić information content (AvgIpc) is 3.09. The fourth-order valence-corrected chi connectivity index (χ4v) is 3.54. The molecule has 0 bridgehead atoms. The lowest BCUT2D eigenvalue weighted by Gasteiger charge is -2.05. The molecule has 0 aliphatic heterocycles. The van der Waals surface area contributed by atoms with Gasteiger partial charge >= 0.3 is 0 Å². The first-order valence-corrected chi connectivity index (χ1v) is 8.99. The van der Waals surface area contributed by atoms with Crippen LogP contribution in [0.1, 0.15) is 10.6 Å². The molecule has 3 aromatic rings. The van der Waals surface area contributed by atoms with E-state index < -0.39 is 0 Å². The number of hydrogen-bond donors (Lipinski definition) is 1. The molecule has 3 rings (SSSR count). The molecular weight excluding hydrogens is 340 g/mol. The lowest BCUT2D eigenvalue weighted by molar-refractivity contribution is 0.415. The highest BCUT2D eigenvalue weighted by atomic mass is 35.5. The van der Waals surface area contributed by atoms with Gasteiger partial charge in [0.1, 0.15) is 10.8 Å². The number of benzene rings is 2. The second kappa shape index (κ2) is 8.29. The molecule has 1 heterocycles. The van der Waals surface area contributed by atoms with Crippen LogP contribution in [-0.4, -0.2) is 18.6 Å². The summed E-state index contributed by atoms with van der Waals surface area (Å²) in [7, 11) is 1.68. The third kappa shape index (κ3) is 4.35. The quantitative estimate of drug-likeness (QED) is 0.616. The topological polar surface area (TPSA) is 34.1 Å². The number of aromatic nitrogens is 1. The predicted molar refractivity (Wildman–Crippen MR) is 101 cm³/mol. The standard InChI is InChI=1S/C19H19ClN2OS/c1-23-16-7-4-6-15(11-16)18-12-22-19(24-18)13-21-10-9-14-5-2-3-8-17(14)20/h2-8,11-12,21H,9-10,13H2,1H3. The molecule has 0 fully saturated rings. The van der Waals surface area contributed by atoms with Crippen molar-refractivity contribution in [3.8, 4) is 16.2 Å². The minimum absolute atomic E-state index is 0.763. The zero-order valence-corrected chi connectivity index (χ0v) is 15.0. The Morgan fingerprint density at radius 1 is 1.17 bits per heavy atom. The van der Waals surface area contributed by atoms with E-state index in [0.29, 0.717) is 0 Å². The molecule has 0 radical (unpaired) electrons. The van der Waals surface area contributed by atoms with Gasteiger partial charge in [-0.2, -0.15) is 0 Å². The molecule has 0 atom stereocenters. The smallest absolute Gasteiger partial charge is 0.119 e. The van der Waals surface area contributed by atoms with Gasteiger partial charge in [-0.1, -0.05) is 41.9 Å². The summed E-state index contributed by atoms with van der Waals surface area (Å²) in [4.78, 5) is 5.65. The highest BCUT2D eigenvalue weighted by Gasteiger charge is 2.06. The van der Waals surface area contributed by atoms with Gasteiger partial charge in [0.15, 0.2) is 0 Å². The molecule has 0 unspecified atom stereocenters. The van der Waals surface area contributed by atoms with E-state index in [4.69, 9.17) is 16.3 Å². The van der Waals surface area contributed by atoms with E-state index in [9.17, 15) is 0 Å². The van der Waals surface area contributed by atoms with E-state index in [1.807, 2.05) is 42.6 Å². The van der Waals surface area contributed by atoms with Crippen LogP contribution in [0.3, 0.4) is 0 Å². The summed E-state index contributed by atoms with van der Waals surface area (Å²) in [5.74, 6) is 0.861. The fraction of sp³-hybridized carbons (Fsp3) is 0.211. The first-order chi connectivity index (χ1) is 11.8. The Bertz CT molecular complexity index is 803. The molecule has 124 valence electrons. The van der Waals surface area contributed by atoms with Crippen LogP contribution in [0.25, 0.3) is 10.4 Å². The van der Waals surface area contributed by atoms with Crippen LogP contribution in [0, 0.1) is 0 Å². The zero-order chi connectivity index (χ0) is 16.8. The van der Waals surface area contributed by atoms with E-state index >= 15 is 0 Å². The van der Waals surface area contributed by atoms with Crippen LogP contribution in [0.4, 0.5) is 0 Å². The predicted octanol–water partition coefficient (Wildman–Crippen LogP) is 4.80. The second-order valence-electron chi connectivity index (χ2n) is 5.37. The summed E-state index contributed by atoms with van der Waals surface area (Å²) in [6.07, 6.45) is 2.83. The molecule has 0 saturated carbocycles. The molecule has 3 nitrogen and oxygen atoms in total. The van der Waals surface area contributed by atoms with Crippen molar-refractivity contribution in [1.82, 2.24) is 10.3 Å². The van der Waals surface area contributed by atoms with Crippen LogP contribution in [0.5, 0.6) is 5.75 Å². The van der Waals surface area contributed by atoms with Gasteiger partial charge < -0.3 is 10.1 Å². The van der Waals surface area contributed by atoms with Crippen LogP contribution in [-0.2, 0) is 13.0 Å². The summed E-state index contributed by atoms with van der Waals surface area (Å²) in [5.41, 5.74) is 2.30. The zero-order valence-electron chi connectivity index (χ0n) is 13.5. The Labute approximate surface area is 151 Å². The molecule has 2 aromatic carbocycles. The number of nitrogens with zero attached hydrogens (tertiary/aromatic N) is 1. The maximum atomic E-state index is 6.17. The van der Waals surface area contributed by atoms with Crippen LogP contribution >= 0.6 is 22.9 Å². The number of rotatable bonds is 7. The van der Waals surface area contributed by atoms with Crippen molar-refractivity contribution < 1.29 is 4.74 Å². The number of thiazole rings is 1. The van der Waals surface area contributed by atoms with Crippen molar-refractivity contribution in [2.75, 3.05) is 13.7 Å². The maximum absolute atomic E-state index is 6.17. The normalized spacial score (nSPS) is 10.8. The highest BCUT2D eigenvalue weighted by Crippen LogP contribution is 2.28. The number of hydrogen-bond acceptors (Lipinski definition) is 4. The molecule has 0 amide bonds. The molecule has 1 N–H and O–H groups in total. The van der Waals surface area contributed by atoms with Crippen molar-refractivity contribution in [3.05, 3.63) is 70.3 Å². The van der Waals surface area contributed by atoms with Crippen molar-refractivity contribution in [3.63, 3.8) is 0 Å². The summed E-state index contributed by atoms with van der Waals surface area (Å²) < 4.78 is 5.28. The van der Waals surface area contributed by atoms with Gasteiger partial charge in [-0.25, -0.2) is 4.98 Å². The van der Waals surface area contributed by atoms with Crippen molar-refractivity contribution >= 4 is 22.9 Å². The molecule has 0 aliphatic carbocycles. The van der Waals surface area contributed by atoms with Gasteiger partial charge in [0.05, 0.1) is 12.0 Å². The van der Waals surface area contributed by atoms with Crippen LogP contribution < -0.4 is 10.1 Å². The summed E-state index contributed by atoms with van der Waals surface area (Å²) in [6.45, 7) is 1.64. The monoisotopic (exact) mass is 358 g/mol. The average molecular weight is 359 g/mol. The Balaban J connectivity index is 1.54.